The van der Waals surface area contributed by atoms with Crippen LogP contribution in [0.3, 0.4) is 0 Å². The number of methoxy groups -OCH3 is 4. The van der Waals surface area contributed by atoms with Crippen LogP contribution < -0.4 is 29.2 Å². The predicted octanol–water partition coefficient (Wildman–Crippen LogP) is 3.68. The summed E-state index contributed by atoms with van der Waals surface area (Å²) in [5.41, 5.74) is 1.45. The standard InChI is InChI=1S/C27H29F2N5O4/c1-33-8-10-34(11-9-33)20-13-21(35-2)19(12-22(20)36-3)32-27-30-15-17(16-31-27)6-7-18-25(28)23(37-4)14-24(38-5)26(18)29/h12-16H,8-11H2,1-5H3,(H,30,31,32). The highest BCUT2D eigenvalue weighted by Crippen LogP contribution is 2.39. The quantitative estimate of drug-likeness (QED) is 0.465. The molecule has 1 saturated heterocycles. The van der Waals surface area contributed by atoms with Crippen LogP contribution in [0.2, 0.25) is 0 Å². The molecule has 1 fully saturated rings. The minimum atomic E-state index is -0.918. The molecular formula is C27H29F2N5O4. The van der Waals surface area contributed by atoms with E-state index in [2.05, 4.69) is 44.0 Å². The first-order valence-corrected chi connectivity index (χ1v) is 11.8. The van der Waals surface area contributed by atoms with E-state index in [1.807, 2.05) is 12.1 Å². The van der Waals surface area contributed by atoms with Gasteiger partial charge in [-0.05, 0) is 7.05 Å². The first-order valence-electron chi connectivity index (χ1n) is 11.8. The van der Waals surface area contributed by atoms with Gasteiger partial charge < -0.3 is 34.1 Å². The monoisotopic (exact) mass is 525 g/mol. The highest BCUT2D eigenvalue weighted by molar-refractivity contribution is 5.74. The number of rotatable bonds is 7. The second-order valence-corrected chi connectivity index (χ2v) is 8.47. The van der Waals surface area contributed by atoms with Gasteiger partial charge >= 0.3 is 0 Å². The number of hydrogen-bond acceptors (Lipinski definition) is 9. The Bertz CT molecular complexity index is 1320. The van der Waals surface area contributed by atoms with Crippen molar-refractivity contribution in [2.45, 2.75) is 0 Å². The van der Waals surface area contributed by atoms with Gasteiger partial charge in [-0.25, -0.2) is 18.7 Å². The van der Waals surface area contributed by atoms with Crippen molar-refractivity contribution in [2.24, 2.45) is 0 Å². The Balaban J connectivity index is 1.56. The molecule has 3 aromatic rings. The van der Waals surface area contributed by atoms with E-state index in [1.165, 1.54) is 26.6 Å². The van der Waals surface area contributed by atoms with Crippen LogP contribution in [0.25, 0.3) is 0 Å². The summed E-state index contributed by atoms with van der Waals surface area (Å²) in [6.45, 7) is 3.67. The molecule has 11 heteroatoms. The Kier molecular flexibility index (Phi) is 8.33. The third-order valence-electron chi connectivity index (χ3n) is 6.15. The maximum atomic E-state index is 14.6. The fourth-order valence-electron chi connectivity index (χ4n) is 3.98. The molecule has 0 atom stereocenters. The molecule has 0 aliphatic carbocycles. The Morgan fingerprint density at radius 2 is 1.34 bits per heavy atom. The summed E-state index contributed by atoms with van der Waals surface area (Å²) in [5.74, 6) is 4.55. The molecule has 38 heavy (non-hydrogen) atoms. The number of nitrogens with one attached hydrogen (secondary N) is 1. The van der Waals surface area contributed by atoms with Gasteiger partial charge in [0.25, 0.3) is 0 Å². The second-order valence-electron chi connectivity index (χ2n) is 8.47. The zero-order valence-electron chi connectivity index (χ0n) is 21.9. The van der Waals surface area contributed by atoms with Crippen molar-refractivity contribution in [3.05, 3.63) is 53.4 Å². The summed E-state index contributed by atoms with van der Waals surface area (Å²) < 4.78 is 50.3. The van der Waals surface area contributed by atoms with Gasteiger partial charge in [0.2, 0.25) is 5.95 Å². The van der Waals surface area contributed by atoms with Crippen molar-refractivity contribution < 1.29 is 27.7 Å². The number of likely N-dealkylation sites (N-methyl/N-ethyl adjacent to an activating group) is 1. The summed E-state index contributed by atoms with van der Waals surface area (Å²) >= 11 is 0. The van der Waals surface area contributed by atoms with Gasteiger partial charge in [0.05, 0.1) is 45.4 Å². The van der Waals surface area contributed by atoms with E-state index in [9.17, 15) is 8.78 Å². The molecule has 0 radical (unpaired) electrons. The third-order valence-corrected chi connectivity index (χ3v) is 6.15. The Labute approximate surface area is 220 Å². The second kappa shape index (κ2) is 11.8. The number of nitrogens with zero attached hydrogens (tertiary/aromatic N) is 4. The Hall–Kier alpha value is -4.30. The summed E-state index contributed by atoms with van der Waals surface area (Å²) in [6.07, 6.45) is 2.88. The van der Waals surface area contributed by atoms with E-state index in [1.54, 1.807) is 14.2 Å². The molecule has 0 spiro atoms. The minimum Gasteiger partial charge on any atom is -0.494 e. The smallest absolute Gasteiger partial charge is 0.227 e. The van der Waals surface area contributed by atoms with E-state index in [0.29, 0.717) is 22.7 Å². The molecule has 9 nitrogen and oxygen atoms in total. The molecule has 1 aliphatic rings. The first kappa shape index (κ1) is 26.8. The van der Waals surface area contributed by atoms with E-state index < -0.39 is 17.2 Å². The predicted molar refractivity (Wildman–Crippen MR) is 140 cm³/mol. The van der Waals surface area contributed by atoms with E-state index in [0.717, 1.165) is 37.9 Å². The molecular weight excluding hydrogens is 496 g/mol. The lowest BCUT2D eigenvalue weighted by molar-refractivity contribution is 0.310. The van der Waals surface area contributed by atoms with Gasteiger partial charge in [-0.15, -0.1) is 0 Å². The summed E-state index contributed by atoms with van der Waals surface area (Å²) in [7, 11) is 7.87. The number of benzene rings is 2. The molecule has 0 unspecified atom stereocenters. The van der Waals surface area contributed by atoms with E-state index in [-0.39, 0.29) is 17.4 Å². The molecule has 1 aromatic heterocycles. The number of hydrogen-bond donors (Lipinski definition) is 1. The van der Waals surface area contributed by atoms with Gasteiger partial charge in [-0.3, -0.25) is 0 Å². The molecule has 0 amide bonds. The van der Waals surface area contributed by atoms with Crippen LogP contribution in [0.4, 0.5) is 26.1 Å². The van der Waals surface area contributed by atoms with Crippen molar-refractivity contribution in [3.8, 4) is 34.8 Å². The van der Waals surface area contributed by atoms with Crippen LogP contribution in [0.15, 0.2) is 30.6 Å². The molecule has 4 rings (SSSR count). The lowest BCUT2D eigenvalue weighted by Crippen LogP contribution is -2.44. The highest BCUT2D eigenvalue weighted by atomic mass is 19.1. The van der Waals surface area contributed by atoms with Gasteiger partial charge in [-0.2, -0.15) is 0 Å². The zero-order chi connectivity index (χ0) is 27.2. The van der Waals surface area contributed by atoms with Crippen LogP contribution in [-0.2, 0) is 0 Å². The van der Waals surface area contributed by atoms with Gasteiger partial charge in [0.1, 0.15) is 17.1 Å². The minimum absolute atomic E-state index is 0.175. The number of aromatic nitrogens is 2. The molecule has 0 saturated carbocycles. The summed E-state index contributed by atoms with van der Waals surface area (Å²) in [5, 5.41) is 3.13. The molecule has 200 valence electrons. The maximum Gasteiger partial charge on any atom is 0.227 e. The Morgan fingerprint density at radius 1 is 0.763 bits per heavy atom. The van der Waals surface area contributed by atoms with Crippen molar-refractivity contribution in [1.29, 1.82) is 0 Å². The Morgan fingerprint density at radius 3 is 1.89 bits per heavy atom. The lowest BCUT2D eigenvalue weighted by atomic mass is 10.1. The van der Waals surface area contributed by atoms with Crippen LogP contribution in [-0.4, -0.2) is 76.5 Å². The van der Waals surface area contributed by atoms with Crippen molar-refractivity contribution in [1.82, 2.24) is 14.9 Å². The van der Waals surface area contributed by atoms with E-state index >= 15 is 0 Å². The van der Waals surface area contributed by atoms with Gasteiger partial charge in [0, 0.05) is 56.8 Å². The van der Waals surface area contributed by atoms with Crippen molar-refractivity contribution in [3.63, 3.8) is 0 Å². The number of piperazine rings is 1. The number of ether oxygens (including phenoxy) is 4. The van der Waals surface area contributed by atoms with Gasteiger partial charge in [-0.1, -0.05) is 11.8 Å². The fraction of sp³-hybridized carbons (Fsp3) is 0.333. The fourth-order valence-corrected chi connectivity index (χ4v) is 3.98. The van der Waals surface area contributed by atoms with Crippen molar-refractivity contribution in [2.75, 3.05) is 71.9 Å². The molecule has 2 heterocycles. The molecule has 1 N–H and O–H groups in total. The largest absolute Gasteiger partial charge is 0.494 e. The summed E-state index contributed by atoms with van der Waals surface area (Å²) in [4.78, 5) is 13.1. The zero-order valence-corrected chi connectivity index (χ0v) is 21.9. The average molecular weight is 526 g/mol. The lowest BCUT2D eigenvalue weighted by Gasteiger charge is -2.35. The number of anilines is 3. The SMILES string of the molecule is COc1cc(N2CCN(C)CC2)c(OC)cc1Nc1ncc(C#Cc2c(F)c(OC)cc(OC)c2F)cn1. The average Bonchev–Trinajstić information content (AvgIpc) is 2.94. The van der Waals surface area contributed by atoms with Crippen LogP contribution in [0, 0.1) is 23.5 Å². The number of halogens is 2. The van der Waals surface area contributed by atoms with Crippen LogP contribution in [0.5, 0.6) is 23.0 Å². The third kappa shape index (κ3) is 5.65. The van der Waals surface area contributed by atoms with E-state index in [4.69, 9.17) is 18.9 Å². The highest BCUT2D eigenvalue weighted by Gasteiger charge is 2.21. The molecule has 2 aromatic carbocycles. The molecule has 1 aliphatic heterocycles. The molecule has 0 bridgehead atoms. The maximum absolute atomic E-state index is 14.6. The first-order chi connectivity index (χ1) is 18.4. The topological polar surface area (TPSA) is 81.2 Å². The van der Waals surface area contributed by atoms with Crippen molar-refractivity contribution >= 4 is 17.3 Å². The van der Waals surface area contributed by atoms with Crippen LogP contribution >= 0.6 is 0 Å². The summed E-state index contributed by atoms with van der Waals surface area (Å²) in [6, 6.07) is 4.89. The van der Waals surface area contributed by atoms with Gasteiger partial charge in [0.15, 0.2) is 23.1 Å². The van der Waals surface area contributed by atoms with Crippen LogP contribution in [0.1, 0.15) is 11.1 Å². The normalized spacial score (nSPS) is 13.4.